The predicted molar refractivity (Wildman–Crippen MR) is 57.5 cm³/mol. The third kappa shape index (κ3) is 2.42. The molecule has 1 aromatic rings. The van der Waals surface area contributed by atoms with Gasteiger partial charge < -0.3 is 9.47 Å². The molecule has 3 nitrogen and oxygen atoms in total. The Labute approximate surface area is 88.4 Å². The monoisotopic (exact) mass is 212 g/mol. The highest BCUT2D eigenvalue weighted by Gasteiger charge is 2.09. The highest BCUT2D eigenvalue weighted by molar-refractivity contribution is 7.97. The number of thiol groups is 1. The van der Waals surface area contributed by atoms with Gasteiger partial charge in [0.2, 0.25) is 5.12 Å². The maximum absolute atomic E-state index is 11.0. The SMILES string of the molecule is CCOc1ccc(C(=O)S)c(OC)c1. The molecule has 0 aliphatic rings. The van der Waals surface area contributed by atoms with Crippen LogP contribution in [0, 0.1) is 0 Å². The minimum atomic E-state index is -0.315. The summed E-state index contributed by atoms with van der Waals surface area (Å²) in [5, 5.41) is -0.315. The second-order valence-corrected chi connectivity index (χ2v) is 3.01. The van der Waals surface area contributed by atoms with Gasteiger partial charge >= 0.3 is 0 Å². The van der Waals surface area contributed by atoms with Gasteiger partial charge in [0, 0.05) is 6.07 Å². The molecule has 0 aliphatic heterocycles. The fraction of sp³-hybridized carbons (Fsp3) is 0.300. The van der Waals surface area contributed by atoms with E-state index in [2.05, 4.69) is 12.6 Å². The Morgan fingerprint density at radius 2 is 2.21 bits per heavy atom. The number of methoxy groups -OCH3 is 1. The zero-order valence-electron chi connectivity index (χ0n) is 8.11. The normalized spacial score (nSPS) is 9.64. The summed E-state index contributed by atoms with van der Waals surface area (Å²) in [6, 6.07) is 5.03. The van der Waals surface area contributed by atoms with Gasteiger partial charge in [-0.2, -0.15) is 0 Å². The molecule has 4 heteroatoms. The first-order valence-corrected chi connectivity index (χ1v) is 4.68. The van der Waals surface area contributed by atoms with Crippen LogP contribution in [0.15, 0.2) is 18.2 Å². The van der Waals surface area contributed by atoms with E-state index in [4.69, 9.17) is 9.47 Å². The highest BCUT2D eigenvalue weighted by Crippen LogP contribution is 2.25. The maximum Gasteiger partial charge on any atom is 0.220 e. The average molecular weight is 212 g/mol. The van der Waals surface area contributed by atoms with Gasteiger partial charge in [0.1, 0.15) is 11.5 Å². The third-order valence-corrected chi connectivity index (χ3v) is 1.96. The van der Waals surface area contributed by atoms with Crippen molar-refractivity contribution >= 4 is 17.7 Å². The van der Waals surface area contributed by atoms with Crippen molar-refractivity contribution < 1.29 is 14.3 Å². The molecule has 0 saturated carbocycles. The lowest BCUT2D eigenvalue weighted by Gasteiger charge is -2.08. The lowest BCUT2D eigenvalue weighted by molar-refractivity contribution is 0.108. The lowest BCUT2D eigenvalue weighted by atomic mass is 10.2. The van der Waals surface area contributed by atoms with Crippen LogP contribution in [-0.2, 0) is 0 Å². The molecule has 1 rings (SSSR count). The molecule has 0 aromatic heterocycles. The number of carbonyl (C=O) groups is 1. The Hall–Kier alpha value is -1.16. The molecule has 0 spiro atoms. The smallest absolute Gasteiger partial charge is 0.220 e. The van der Waals surface area contributed by atoms with Crippen molar-refractivity contribution in [2.24, 2.45) is 0 Å². The molecule has 14 heavy (non-hydrogen) atoms. The summed E-state index contributed by atoms with van der Waals surface area (Å²) in [6.45, 7) is 2.47. The quantitative estimate of drug-likeness (QED) is 0.777. The van der Waals surface area contributed by atoms with Crippen molar-refractivity contribution in [2.45, 2.75) is 6.92 Å². The van der Waals surface area contributed by atoms with Gasteiger partial charge in [0.15, 0.2) is 0 Å². The Bertz CT molecular complexity index is 336. The van der Waals surface area contributed by atoms with Crippen LogP contribution >= 0.6 is 12.6 Å². The number of benzene rings is 1. The van der Waals surface area contributed by atoms with Gasteiger partial charge in [0.25, 0.3) is 0 Å². The fourth-order valence-electron chi connectivity index (χ4n) is 1.10. The minimum absolute atomic E-state index is 0.315. The molecule has 76 valence electrons. The molecular weight excluding hydrogens is 200 g/mol. The Morgan fingerprint density at radius 3 is 2.71 bits per heavy atom. The van der Waals surface area contributed by atoms with Crippen molar-refractivity contribution in [1.29, 1.82) is 0 Å². The van der Waals surface area contributed by atoms with E-state index < -0.39 is 0 Å². The fourth-order valence-corrected chi connectivity index (χ4v) is 1.29. The van der Waals surface area contributed by atoms with Crippen LogP contribution in [0.25, 0.3) is 0 Å². The summed E-state index contributed by atoms with van der Waals surface area (Å²) in [5.74, 6) is 1.17. The molecule has 0 heterocycles. The molecule has 0 radical (unpaired) electrons. The molecule has 0 fully saturated rings. The summed E-state index contributed by atoms with van der Waals surface area (Å²) in [6.07, 6.45) is 0. The highest BCUT2D eigenvalue weighted by atomic mass is 32.1. The van der Waals surface area contributed by atoms with Crippen LogP contribution in [0.3, 0.4) is 0 Å². The summed E-state index contributed by atoms with van der Waals surface area (Å²) in [4.78, 5) is 11.0. The third-order valence-electron chi connectivity index (χ3n) is 1.71. The lowest BCUT2D eigenvalue weighted by Crippen LogP contribution is -1.97. The molecular formula is C10H12O3S. The summed E-state index contributed by atoms with van der Waals surface area (Å²) >= 11 is 3.74. The summed E-state index contributed by atoms with van der Waals surface area (Å²) in [5.41, 5.74) is 0.444. The Morgan fingerprint density at radius 1 is 1.50 bits per heavy atom. The Balaban J connectivity index is 3.05. The van der Waals surface area contributed by atoms with Crippen molar-refractivity contribution in [3.8, 4) is 11.5 Å². The van der Waals surface area contributed by atoms with E-state index in [0.29, 0.717) is 23.7 Å². The minimum Gasteiger partial charge on any atom is -0.496 e. The van der Waals surface area contributed by atoms with E-state index in [-0.39, 0.29) is 5.12 Å². The second kappa shape index (κ2) is 4.91. The van der Waals surface area contributed by atoms with Gasteiger partial charge in [-0.05, 0) is 19.1 Å². The first-order valence-electron chi connectivity index (χ1n) is 4.23. The Kier molecular flexibility index (Phi) is 3.83. The first kappa shape index (κ1) is 10.9. The van der Waals surface area contributed by atoms with Gasteiger partial charge in [-0.25, -0.2) is 0 Å². The number of rotatable bonds is 4. The molecule has 0 bridgehead atoms. The van der Waals surface area contributed by atoms with Gasteiger partial charge in [-0.1, -0.05) is 0 Å². The number of hydrogen-bond donors (Lipinski definition) is 1. The van der Waals surface area contributed by atoms with Crippen LogP contribution < -0.4 is 9.47 Å². The molecule has 0 aliphatic carbocycles. The largest absolute Gasteiger partial charge is 0.496 e. The second-order valence-electron chi connectivity index (χ2n) is 2.60. The van der Waals surface area contributed by atoms with Gasteiger partial charge in [-0.3, -0.25) is 4.79 Å². The van der Waals surface area contributed by atoms with Gasteiger partial charge in [0.05, 0.1) is 19.3 Å². The maximum atomic E-state index is 11.0. The first-order chi connectivity index (χ1) is 6.69. The van der Waals surface area contributed by atoms with Crippen molar-refractivity contribution in [3.63, 3.8) is 0 Å². The van der Waals surface area contributed by atoms with E-state index in [1.165, 1.54) is 7.11 Å². The van der Waals surface area contributed by atoms with Crippen molar-refractivity contribution in [2.75, 3.05) is 13.7 Å². The molecule has 1 aromatic carbocycles. The molecule has 0 unspecified atom stereocenters. The van der Waals surface area contributed by atoms with E-state index in [9.17, 15) is 4.79 Å². The molecule has 0 N–H and O–H groups in total. The number of hydrogen-bond acceptors (Lipinski definition) is 3. The standard InChI is InChI=1S/C10H12O3S/c1-3-13-7-4-5-8(10(11)14)9(6-7)12-2/h4-6H,3H2,1-2H3,(H,11,14). The van der Waals surface area contributed by atoms with Crippen molar-refractivity contribution in [3.05, 3.63) is 23.8 Å². The van der Waals surface area contributed by atoms with Crippen LogP contribution in [0.5, 0.6) is 11.5 Å². The molecule has 0 atom stereocenters. The number of ether oxygens (including phenoxy) is 2. The van der Waals surface area contributed by atoms with E-state index in [0.717, 1.165) is 0 Å². The van der Waals surface area contributed by atoms with Crippen LogP contribution in [0.4, 0.5) is 0 Å². The molecule has 0 amide bonds. The van der Waals surface area contributed by atoms with Crippen LogP contribution in [0.1, 0.15) is 17.3 Å². The summed E-state index contributed by atoms with van der Waals surface area (Å²) in [7, 11) is 1.51. The zero-order valence-corrected chi connectivity index (χ0v) is 9.01. The number of carbonyl (C=O) groups excluding carboxylic acids is 1. The van der Waals surface area contributed by atoms with Gasteiger partial charge in [-0.15, -0.1) is 12.6 Å². The predicted octanol–water partition coefficient (Wildman–Crippen LogP) is 2.16. The van der Waals surface area contributed by atoms with E-state index >= 15 is 0 Å². The van der Waals surface area contributed by atoms with E-state index in [1.807, 2.05) is 6.92 Å². The molecule has 0 saturated heterocycles. The average Bonchev–Trinajstić information content (AvgIpc) is 2.17. The van der Waals surface area contributed by atoms with Crippen LogP contribution in [-0.4, -0.2) is 18.8 Å². The van der Waals surface area contributed by atoms with Crippen molar-refractivity contribution in [1.82, 2.24) is 0 Å². The zero-order chi connectivity index (χ0) is 10.6. The van der Waals surface area contributed by atoms with E-state index in [1.54, 1.807) is 18.2 Å². The topological polar surface area (TPSA) is 35.5 Å². The van der Waals surface area contributed by atoms with Crippen LogP contribution in [0.2, 0.25) is 0 Å². The summed E-state index contributed by atoms with van der Waals surface area (Å²) < 4.78 is 10.3.